The number of pyridine rings is 2. The topological polar surface area (TPSA) is 121 Å². The monoisotopic (exact) mass is 617 g/mol. The van der Waals surface area contributed by atoms with E-state index < -0.39 is 24.3 Å². The Kier molecular flexibility index (Phi) is 10.6. The molecule has 0 atom stereocenters. The van der Waals surface area contributed by atoms with Crippen molar-refractivity contribution in [2.45, 2.75) is 37.7 Å². The lowest BCUT2D eigenvalue weighted by atomic mass is 9.92. The smallest absolute Gasteiger partial charge is 0.475 e. The number of aliphatic carboxylic acids is 2. The van der Waals surface area contributed by atoms with Gasteiger partial charge < -0.3 is 14.8 Å². The zero-order valence-electron chi connectivity index (χ0n) is 21.9. The van der Waals surface area contributed by atoms with Gasteiger partial charge in [0.2, 0.25) is 0 Å². The van der Waals surface area contributed by atoms with Crippen molar-refractivity contribution in [3.05, 3.63) is 65.0 Å². The normalized spacial score (nSPS) is 14.5. The Morgan fingerprint density at radius 3 is 2.14 bits per heavy atom. The Hall–Kier alpha value is -4.05. The predicted molar refractivity (Wildman–Crippen MR) is 141 cm³/mol. The lowest BCUT2D eigenvalue weighted by molar-refractivity contribution is -0.193. The summed E-state index contributed by atoms with van der Waals surface area (Å²) in [5.41, 5.74) is 5.26. The fourth-order valence-corrected chi connectivity index (χ4v) is 4.82. The molecule has 2 N–H and O–H groups in total. The van der Waals surface area contributed by atoms with Crippen LogP contribution in [-0.4, -0.2) is 72.0 Å². The van der Waals surface area contributed by atoms with Gasteiger partial charge in [0.05, 0.1) is 17.5 Å². The molecule has 0 saturated carbocycles. The van der Waals surface area contributed by atoms with Gasteiger partial charge in [-0.25, -0.2) is 14.6 Å². The van der Waals surface area contributed by atoms with Crippen molar-refractivity contribution in [2.75, 3.05) is 13.1 Å². The predicted octanol–water partition coefficient (Wildman–Crippen LogP) is 5.74. The zero-order chi connectivity index (χ0) is 31.1. The molecule has 0 radical (unpaired) electrons. The molecule has 9 nitrogen and oxygen atoms in total. The van der Waals surface area contributed by atoms with E-state index in [-0.39, 0.29) is 0 Å². The van der Waals surface area contributed by atoms with E-state index in [1.165, 1.54) is 10.6 Å². The number of piperidine rings is 1. The van der Waals surface area contributed by atoms with Crippen LogP contribution in [0.4, 0.5) is 26.3 Å². The second-order valence-corrected chi connectivity index (χ2v) is 10.1. The largest absolute Gasteiger partial charge is 0.490 e. The highest BCUT2D eigenvalue weighted by atomic mass is 32.1. The molecule has 5 heterocycles. The van der Waals surface area contributed by atoms with Crippen LogP contribution in [-0.2, 0) is 23.2 Å². The fraction of sp³-hybridized carbons (Fsp3) is 0.346. The molecule has 4 aromatic heterocycles. The number of halogens is 6. The number of aromatic nitrogens is 4. The molecule has 16 heteroatoms. The average Bonchev–Trinajstić information content (AvgIpc) is 3.58. The maximum Gasteiger partial charge on any atom is 0.490 e. The molecule has 1 fully saturated rings. The van der Waals surface area contributed by atoms with Crippen LogP contribution >= 0.6 is 11.3 Å². The van der Waals surface area contributed by atoms with Crippen molar-refractivity contribution < 1.29 is 46.1 Å². The molecule has 42 heavy (non-hydrogen) atoms. The van der Waals surface area contributed by atoms with Gasteiger partial charge in [0.15, 0.2) is 0 Å². The van der Waals surface area contributed by atoms with Crippen LogP contribution in [0.2, 0.25) is 0 Å². The molecule has 0 bridgehead atoms. The summed E-state index contributed by atoms with van der Waals surface area (Å²) in [6.07, 6.45) is -2.32. The van der Waals surface area contributed by atoms with E-state index in [9.17, 15) is 26.3 Å². The van der Waals surface area contributed by atoms with E-state index in [1.807, 2.05) is 29.9 Å². The van der Waals surface area contributed by atoms with Gasteiger partial charge in [0, 0.05) is 48.0 Å². The molecule has 0 aliphatic carbocycles. The van der Waals surface area contributed by atoms with Crippen LogP contribution in [0.15, 0.2) is 54.4 Å². The summed E-state index contributed by atoms with van der Waals surface area (Å²) in [7, 11) is 2.05. The van der Waals surface area contributed by atoms with Crippen LogP contribution in [0.25, 0.3) is 22.3 Å². The molecule has 0 spiro atoms. The van der Waals surface area contributed by atoms with E-state index in [1.54, 1.807) is 6.20 Å². The van der Waals surface area contributed by atoms with E-state index in [0.717, 1.165) is 54.8 Å². The highest BCUT2D eigenvalue weighted by Gasteiger charge is 2.38. The molecular formula is C26H25F6N5O4S. The zero-order valence-corrected chi connectivity index (χ0v) is 22.7. The first-order chi connectivity index (χ1) is 19.7. The van der Waals surface area contributed by atoms with Crippen LogP contribution in [0.5, 0.6) is 0 Å². The van der Waals surface area contributed by atoms with Crippen LogP contribution in [0.3, 0.4) is 0 Å². The third-order valence-corrected chi connectivity index (χ3v) is 6.98. The lowest BCUT2D eigenvalue weighted by Gasteiger charge is -2.31. The number of hydrogen-bond donors (Lipinski definition) is 2. The second-order valence-electron chi connectivity index (χ2n) is 9.10. The van der Waals surface area contributed by atoms with Gasteiger partial charge in [0.25, 0.3) is 0 Å². The minimum Gasteiger partial charge on any atom is -0.475 e. The number of carbonyl (C=O) groups is 2. The maximum absolute atomic E-state index is 10.6. The van der Waals surface area contributed by atoms with E-state index >= 15 is 0 Å². The Morgan fingerprint density at radius 1 is 1.02 bits per heavy atom. The highest BCUT2D eigenvalue weighted by Crippen LogP contribution is 2.33. The fourth-order valence-electron chi connectivity index (χ4n) is 4.07. The van der Waals surface area contributed by atoms with Gasteiger partial charge in [0.1, 0.15) is 5.52 Å². The van der Waals surface area contributed by atoms with Crippen molar-refractivity contribution in [3.63, 3.8) is 0 Å². The van der Waals surface area contributed by atoms with Gasteiger partial charge in [-0.15, -0.1) is 11.3 Å². The van der Waals surface area contributed by atoms with Crippen molar-refractivity contribution >= 4 is 34.3 Å². The third kappa shape index (κ3) is 8.97. The molecule has 0 aromatic carbocycles. The van der Waals surface area contributed by atoms with E-state index in [0.29, 0.717) is 5.92 Å². The van der Waals surface area contributed by atoms with Crippen molar-refractivity contribution in [1.82, 2.24) is 24.4 Å². The number of rotatable bonds is 4. The summed E-state index contributed by atoms with van der Waals surface area (Å²) in [5, 5.41) is 16.4. The van der Waals surface area contributed by atoms with Crippen LogP contribution in [0.1, 0.15) is 29.3 Å². The first kappa shape index (κ1) is 32.5. The Labute approximate surface area is 239 Å². The van der Waals surface area contributed by atoms with Gasteiger partial charge in [-0.05, 0) is 55.6 Å². The standard InChI is InChI=1S/C22H23N5S.2C2HF3O2/c1-26-15-24-22-20(26)12-19(25-21(22)17-4-2-8-23-13-17)16-6-9-27(10-7-16)14-18-5-3-11-28-18;2*3-2(4,5)1(6)7/h2-5,8,11-13,15-16H,6-7,9-10,14H2,1H3;2*(H,6,7). The lowest BCUT2D eigenvalue weighted by Crippen LogP contribution is -2.32. The Morgan fingerprint density at radius 2 is 1.64 bits per heavy atom. The Bertz CT molecular complexity index is 1440. The number of carboxylic acids is 2. The summed E-state index contributed by atoms with van der Waals surface area (Å²) < 4.78 is 65.6. The minimum absolute atomic E-state index is 0.495. The van der Waals surface area contributed by atoms with E-state index in [4.69, 9.17) is 24.8 Å². The first-order valence-corrected chi connectivity index (χ1v) is 13.1. The van der Waals surface area contributed by atoms with Crippen molar-refractivity contribution in [2.24, 2.45) is 7.05 Å². The molecule has 1 saturated heterocycles. The van der Waals surface area contributed by atoms with Gasteiger partial charge in [-0.1, -0.05) is 6.07 Å². The number of hydrogen-bond acceptors (Lipinski definition) is 7. The second kappa shape index (κ2) is 13.7. The molecule has 4 aromatic rings. The molecule has 226 valence electrons. The van der Waals surface area contributed by atoms with Crippen LogP contribution < -0.4 is 0 Å². The molecular weight excluding hydrogens is 592 g/mol. The van der Waals surface area contributed by atoms with Crippen molar-refractivity contribution in [3.8, 4) is 11.3 Å². The maximum atomic E-state index is 10.6. The van der Waals surface area contributed by atoms with Crippen LogP contribution in [0, 0.1) is 0 Å². The number of alkyl halides is 6. The summed E-state index contributed by atoms with van der Waals surface area (Å²) in [5.74, 6) is -5.02. The summed E-state index contributed by atoms with van der Waals surface area (Å²) >= 11 is 1.85. The molecule has 0 unspecified atom stereocenters. The average molecular weight is 618 g/mol. The van der Waals surface area contributed by atoms with Crippen molar-refractivity contribution in [1.29, 1.82) is 0 Å². The van der Waals surface area contributed by atoms with Gasteiger partial charge in [-0.3, -0.25) is 14.9 Å². The highest BCUT2D eigenvalue weighted by molar-refractivity contribution is 7.09. The SMILES string of the molecule is Cn1cnc2c(-c3cccnc3)nc(C3CCN(Cc4cccs4)CC3)cc21.O=C(O)C(F)(F)F.O=C(O)C(F)(F)F. The number of aryl methyl sites for hydroxylation is 1. The number of thiophene rings is 1. The summed E-state index contributed by atoms with van der Waals surface area (Å²) in [6.45, 7) is 3.31. The van der Waals surface area contributed by atoms with E-state index in [2.05, 4.69) is 56.1 Å². The summed E-state index contributed by atoms with van der Waals surface area (Å²) in [6, 6.07) is 10.6. The molecule has 5 rings (SSSR count). The molecule has 1 aliphatic rings. The quantitative estimate of drug-likeness (QED) is 0.278. The van der Waals surface area contributed by atoms with Gasteiger partial charge >= 0.3 is 24.3 Å². The third-order valence-electron chi connectivity index (χ3n) is 6.12. The minimum atomic E-state index is -5.08. The number of carboxylic acid groups (broad SMARTS) is 2. The number of fused-ring (bicyclic) bond motifs is 1. The number of likely N-dealkylation sites (tertiary alicyclic amines) is 1. The molecule has 0 amide bonds. The Balaban J connectivity index is 0.000000289. The first-order valence-electron chi connectivity index (χ1n) is 12.2. The number of imidazole rings is 1. The summed E-state index contributed by atoms with van der Waals surface area (Å²) in [4.78, 5) is 35.8. The number of nitrogens with zero attached hydrogens (tertiary/aromatic N) is 5. The molecule has 1 aliphatic heterocycles. The van der Waals surface area contributed by atoms with Gasteiger partial charge in [-0.2, -0.15) is 26.3 Å².